The van der Waals surface area contributed by atoms with E-state index < -0.39 is 0 Å². The van der Waals surface area contributed by atoms with Gasteiger partial charge in [0.15, 0.2) is 0 Å². The average molecular weight is 402 g/mol. The molecule has 1 atom stereocenters. The van der Waals surface area contributed by atoms with Crippen LogP contribution in [-0.4, -0.2) is 31.1 Å². The monoisotopic (exact) mass is 402 g/mol. The van der Waals surface area contributed by atoms with Gasteiger partial charge in [0, 0.05) is 25.9 Å². The van der Waals surface area contributed by atoms with E-state index in [1.165, 1.54) is 0 Å². The van der Waals surface area contributed by atoms with Crippen LogP contribution in [0.3, 0.4) is 0 Å². The van der Waals surface area contributed by atoms with Crippen LogP contribution < -0.4 is 10.1 Å². The zero-order valence-corrected chi connectivity index (χ0v) is 17.1. The second kappa shape index (κ2) is 9.46. The van der Waals surface area contributed by atoms with Crippen LogP contribution >= 0.6 is 0 Å². The fraction of sp³-hybridized carbons (Fsp3) is 0.240. The Morgan fingerprint density at radius 3 is 2.43 bits per heavy atom. The molecule has 0 saturated carbocycles. The van der Waals surface area contributed by atoms with Crippen LogP contribution in [0.15, 0.2) is 78.9 Å². The summed E-state index contributed by atoms with van der Waals surface area (Å²) in [4.78, 5) is 15.0. The van der Waals surface area contributed by atoms with Crippen molar-refractivity contribution < 1.29 is 14.3 Å². The number of ether oxygens (including phenoxy) is 2. The number of nitrogens with zero attached hydrogens (tertiary/aromatic N) is 1. The summed E-state index contributed by atoms with van der Waals surface area (Å²) < 4.78 is 11.1. The number of amides is 1. The second-order valence-corrected chi connectivity index (χ2v) is 7.28. The summed E-state index contributed by atoms with van der Waals surface area (Å²) in [5.74, 6) is 0.839. The van der Waals surface area contributed by atoms with Crippen LogP contribution in [0.2, 0.25) is 0 Å². The molecule has 0 radical (unpaired) electrons. The van der Waals surface area contributed by atoms with Crippen molar-refractivity contribution in [1.29, 1.82) is 0 Å². The quantitative estimate of drug-likeness (QED) is 0.546. The number of anilines is 1. The molecule has 3 aromatic rings. The highest BCUT2D eigenvalue weighted by atomic mass is 16.5. The molecule has 1 N–H and O–H groups in total. The lowest BCUT2D eigenvalue weighted by molar-refractivity contribution is 0.0660. The molecule has 1 unspecified atom stereocenters. The maximum absolute atomic E-state index is 13.1. The molecule has 5 nitrogen and oxygen atoms in total. The standard InChI is InChI=1S/C25H26N2O3/c1-29-17-7-16-27-24(26-23-11-6-5-10-22(23)25(27)28)20-12-14-21(15-13-20)30-18-19-8-3-2-4-9-19/h2-6,8-15,24,26H,7,16-18H2,1H3. The van der Waals surface area contributed by atoms with Gasteiger partial charge in [-0.3, -0.25) is 4.79 Å². The summed E-state index contributed by atoms with van der Waals surface area (Å²) in [6.45, 7) is 1.76. The van der Waals surface area contributed by atoms with Crippen LogP contribution in [0.4, 0.5) is 5.69 Å². The highest BCUT2D eigenvalue weighted by Crippen LogP contribution is 2.33. The molecule has 1 heterocycles. The number of methoxy groups -OCH3 is 1. The number of benzene rings is 3. The molecule has 0 spiro atoms. The third-order valence-electron chi connectivity index (χ3n) is 5.21. The van der Waals surface area contributed by atoms with Gasteiger partial charge in [-0.1, -0.05) is 54.6 Å². The zero-order chi connectivity index (χ0) is 20.8. The van der Waals surface area contributed by atoms with Gasteiger partial charge >= 0.3 is 0 Å². The largest absolute Gasteiger partial charge is 0.489 e. The normalized spacial score (nSPS) is 15.4. The fourth-order valence-corrected chi connectivity index (χ4v) is 3.65. The number of para-hydroxylation sites is 1. The Kier molecular flexibility index (Phi) is 6.30. The highest BCUT2D eigenvalue weighted by Gasteiger charge is 2.32. The van der Waals surface area contributed by atoms with Gasteiger partial charge in [0.1, 0.15) is 18.5 Å². The van der Waals surface area contributed by atoms with Crippen molar-refractivity contribution in [2.75, 3.05) is 25.6 Å². The van der Waals surface area contributed by atoms with Crippen LogP contribution in [0, 0.1) is 0 Å². The minimum absolute atomic E-state index is 0.0369. The van der Waals surface area contributed by atoms with Crippen LogP contribution in [0.1, 0.15) is 34.1 Å². The number of carbonyl (C=O) groups excluding carboxylic acids is 1. The first-order valence-corrected chi connectivity index (χ1v) is 10.2. The highest BCUT2D eigenvalue weighted by molar-refractivity contribution is 6.01. The van der Waals surface area contributed by atoms with E-state index in [1.54, 1.807) is 7.11 Å². The molecular weight excluding hydrogens is 376 g/mol. The molecule has 30 heavy (non-hydrogen) atoms. The number of hydrogen-bond donors (Lipinski definition) is 1. The minimum Gasteiger partial charge on any atom is -0.489 e. The van der Waals surface area contributed by atoms with E-state index in [0.29, 0.717) is 25.3 Å². The van der Waals surface area contributed by atoms with Gasteiger partial charge in [-0.05, 0) is 41.8 Å². The molecule has 3 aromatic carbocycles. The van der Waals surface area contributed by atoms with Crippen molar-refractivity contribution in [3.63, 3.8) is 0 Å². The number of rotatable bonds is 8. The summed E-state index contributed by atoms with van der Waals surface area (Å²) in [6, 6.07) is 25.7. The zero-order valence-electron chi connectivity index (χ0n) is 17.1. The van der Waals surface area contributed by atoms with Gasteiger partial charge in [0.05, 0.1) is 5.56 Å². The Balaban J connectivity index is 1.51. The van der Waals surface area contributed by atoms with Crippen molar-refractivity contribution in [2.45, 2.75) is 19.2 Å². The lowest BCUT2D eigenvalue weighted by atomic mass is 10.0. The molecule has 4 rings (SSSR count). The van der Waals surface area contributed by atoms with E-state index >= 15 is 0 Å². The maximum atomic E-state index is 13.1. The first kappa shape index (κ1) is 20.0. The maximum Gasteiger partial charge on any atom is 0.257 e. The van der Waals surface area contributed by atoms with Crippen molar-refractivity contribution in [3.05, 3.63) is 95.6 Å². The molecule has 0 aliphatic carbocycles. The topological polar surface area (TPSA) is 50.8 Å². The summed E-state index contributed by atoms with van der Waals surface area (Å²) >= 11 is 0. The van der Waals surface area contributed by atoms with Gasteiger partial charge in [0.2, 0.25) is 0 Å². The molecule has 0 bridgehead atoms. The summed E-state index contributed by atoms with van der Waals surface area (Å²) in [7, 11) is 1.68. The molecule has 0 fully saturated rings. The summed E-state index contributed by atoms with van der Waals surface area (Å²) in [6.07, 6.45) is 0.549. The van der Waals surface area contributed by atoms with Gasteiger partial charge in [0.25, 0.3) is 5.91 Å². The van der Waals surface area contributed by atoms with Gasteiger partial charge < -0.3 is 19.7 Å². The van der Waals surface area contributed by atoms with Gasteiger partial charge in [-0.2, -0.15) is 0 Å². The smallest absolute Gasteiger partial charge is 0.257 e. The first-order chi connectivity index (χ1) is 14.8. The Morgan fingerprint density at radius 2 is 1.67 bits per heavy atom. The molecule has 1 aliphatic rings. The molecule has 154 valence electrons. The molecule has 5 heteroatoms. The van der Waals surface area contributed by atoms with Gasteiger partial charge in [-0.25, -0.2) is 0 Å². The van der Waals surface area contributed by atoms with Crippen molar-refractivity contribution in [1.82, 2.24) is 4.90 Å². The van der Waals surface area contributed by atoms with Crippen molar-refractivity contribution in [3.8, 4) is 5.75 Å². The van der Waals surface area contributed by atoms with Gasteiger partial charge in [-0.15, -0.1) is 0 Å². The average Bonchev–Trinajstić information content (AvgIpc) is 2.80. The summed E-state index contributed by atoms with van der Waals surface area (Å²) in [5.41, 5.74) is 3.71. The van der Waals surface area contributed by atoms with E-state index in [4.69, 9.17) is 9.47 Å². The van der Waals surface area contributed by atoms with E-state index in [1.807, 2.05) is 83.8 Å². The minimum atomic E-state index is -0.229. The van der Waals surface area contributed by atoms with Crippen molar-refractivity contribution in [2.24, 2.45) is 0 Å². The SMILES string of the molecule is COCCCN1C(=O)c2ccccc2NC1c1ccc(OCc2ccccc2)cc1. The van der Waals surface area contributed by atoms with Crippen LogP contribution in [-0.2, 0) is 11.3 Å². The van der Waals surface area contributed by atoms with Crippen LogP contribution in [0.25, 0.3) is 0 Å². The Morgan fingerprint density at radius 1 is 0.933 bits per heavy atom. The number of fused-ring (bicyclic) bond motifs is 1. The fourth-order valence-electron chi connectivity index (χ4n) is 3.65. The molecule has 1 amide bonds. The third-order valence-corrected chi connectivity index (χ3v) is 5.21. The first-order valence-electron chi connectivity index (χ1n) is 10.2. The second-order valence-electron chi connectivity index (χ2n) is 7.28. The molecule has 1 aliphatic heterocycles. The van der Waals surface area contributed by atoms with E-state index in [9.17, 15) is 4.79 Å². The Bertz CT molecular complexity index is 973. The Hall–Kier alpha value is -3.31. The number of carbonyl (C=O) groups is 1. The third kappa shape index (κ3) is 4.47. The van der Waals surface area contributed by atoms with E-state index in [0.717, 1.165) is 29.0 Å². The summed E-state index contributed by atoms with van der Waals surface area (Å²) in [5, 5.41) is 3.52. The molecular formula is C25H26N2O3. The van der Waals surface area contributed by atoms with E-state index in [-0.39, 0.29) is 12.1 Å². The Labute approximate surface area is 177 Å². The predicted molar refractivity (Wildman–Crippen MR) is 118 cm³/mol. The molecule has 0 aromatic heterocycles. The predicted octanol–water partition coefficient (Wildman–Crippen LogP) is 4.87. The van der Waals surface area contributed by atoms with Crippen LogP contribution in [0.5, 0.6) is 5.75 Å². The number of hydrogen-bond acceptors (Lipinski definition) is 4. The van der Waals surface area contributed by atoms with E-state index in [2.05, 4.69) is 5.32 Å². The van der Waals surface area contributed by atoms with Crippen molar-refractivity contribution >= 4 is 11.6 Å². The molecule has 0 saturated heterocycles. The number of nitrogens with one attached hydrogen (secondary N) is 1. The lowest BCUT2D eigenvalue weighted by Crippen LogP contribution is -2.43. The lowest BCUT2D eigenvalue weighted by Gasteiger charge is -2.38.